The van der Waals surface area contributed by atoms with E-state index in [0.717, 1.165) is 35.3 Å². The minimum absolute atomic E-state index is 0.00263. The fourth-order valence-corrected chi connectivity index (χ4v) is 3.89. The molecule has 7 heteroatoms. The number of carbonyl (C=O) groups excluding carboxylic acids is 1. The first-order valence-electron chi connectivity index (χ1n) is 9.23. The number of aromatic amines is 1. The number of hydrogen-bond acceptors (Lipinski definition) is 4. The Labute approximate surface area is 163 Å². The number of fused-ring (bicyclic) bond motifs is 1. The number of amides is 1. The van der Waals surface area contributed by atoms with Crippen molar-refractivity contribution >= 4 is 34.3 Å². The van der Waals surface area contributed by atoms with E-state index in [1.165, 1.54) is 0 Å². The molecule has 2 aromatic heterocycles. The minimum Gasteiger partial charge on any atom is -0.380 e. The maximum Gasteiger partial charge on any atom is 0.269 e. The van der Waals surface area contributed by atoms with Crippen molar-refractivity contribution in [3.8, 4) is 0 Å². The summed E-state index contributed by atoms with van der Waals surface area (Å²) in [7, 11) is 0. The largest absolute Gasteiger partial charge is 0.380 e. The van der Waals surface area contributed by atoms with Crippen molar-refractivity contribution < 1.29 is 4.79 Å². The molecule has 27 heavy (non-hydrogen) atoms. The summed E-state index contributed by atoms with van der Waals surface area (Å²) in [5.41, 5.74) is 3.39. The highest BCUT2D eigenvalue weighted by Crippen LogP contribution is 2.34. The molecule has 0 saturated carbocycles. The summed E-state index contributed by atoms with van der Waals surface area (Å²) in [5.74, 6) is 0.0283. The van der Waals surface area contributed by atoms with Crippen LogP contribution in [0.4, 0.5) is 0 Å². The van der Waals surface area contributed by atoms with Gasteiger partial charge in [0.05, 0.1) is 23.0 Å². The molecule has 140 valence electrons. The lowest BCUT2D eigenvalue weighted by Gasteiger charge is -2.22. The molecular formula is C20H22ClN5O. The highest BCUT2D eigenvalue weighted by Gasteiger charge is 2.27. The van der Waals surface area contributed by atoms with Crippen LogP contribution in [0.3, 0.4) is 0 Å². The standard InChI is InChI=1S/C20H22ClN5O/c1-2-26(12-14-5-3-4-7-22-14)20(27)17-9-13(10-24-17)18-15-6-8-23-19(15)25-11-16(18)21/h3,5-6,8-9,11,13,24H,2,4,7,10,12H2,1H3,(H,23,25). The average molecular weight is 384 g/mol. The molecule has 0 radical (unpaired) electrons. The predicted molar refractivity (Wildman–Crippen MR) is 108 cm³/mol. The van der Waals surface area contributed by atoms with Crippen molar-refractivity contribution in [2.45, 2.75) is 19.3 Å². The maximum atomic E-state index is 13.0. The number of dihydropyridines is 1. The van der Waals surface area contributed by atoms with Gasteiger partial charge >= 0.3 is 0 Å². The Bertz CT molecular complexity index is 958. The molecule has 1 atom stereocenters. The van der Waals surface area contributed by atoms with Gasteiger partial charge in [-0.3, -0.25) is 9.79 Å². The van der Waals surface area contributed by atoms with Gasteiger partial charge in [-0.25, -0.2) is 4.98 Å². The zero-order chi connectivity index (χ0) is 18.8. The number of nitrogens with zero attached hydrogens (tertiary/aromatic N) is 3. The molecule has 2 N–H and O–H groups in total. The first-order chi connectivity index (χ1) is 13.2. The topological polar surface area (TPSA) is 73.4 Å². The van der Waals surface area contributed by atoms with Gasteiger partial charge in [0.25, 0.3) is 5.91 Å². The third-order valence-electron chi connectivity index (χ3n) is 5.00. The number of nitrogens with one attached hydrogen (secondary N) is 2. The molecule has 0 bridgehead atoms. The smallest absolute Gasteiger partial charge is 0.269 e. The molecule has 2 aliphatic heterocycles. The molecule has 0 spiro atoms. The highest BCUT2D eigenvalue weighted by molar-refractivity contribution is 6.32. The van der Waals surface area contributed by atoms with E-state index in [1.807, 2.05) is 36.2 Å². The Kier molecular flexibility index (Phi) is 4.99. The number of carbonyl (C=O) groups is 1. The number of halogens is 1. The van der Waals surface area contributed by atoms with Crippen LogP contribution in [-0.4, -0.2) is 52.7 Å². The number of hydrogen-bond donors (Lipinski definition) is 2. The van der Waals surface area contributed by atoms with E-state index in [0.29, 0.717) is 30.4 Å². The summed E-state index contributed by atoms with van der Waals surface area (Å²) in [6.07, 6.45) is 10.6. The van der Waals surface area contributed by atoms with Crippen molar-refractivity contribution in [1.29, 1.82) is 0 Å². The molecular weight excluding hydrogens is 362 g/mol. The molecule has 6 nitrogen and oxygen atoms in total. The molecule has 4 heterocycles. The highest BCUT2D eigenvalue weighted by atomic mass is 35.5. The van der Waals surface area contributed by atoms with E-state index in [1.54, 1.807) is 6.20 Å². The number of H-pyrrole nitrogens is 1. The first kappa shape index (κ1) is 17.8. The number of aromatic nitrogens is 2. The van der Waals surface area contributed by atoms with Crippen LogP contribution in [0.5, 0.6) is 0 Å². The van der Waals surface area contributed by atoms with Gasteiger partial charge in [-0.2, -0.15) is 0 Å². The summed E-state index contributed by atoms with van der Waals surface area (Å²) < 4.78 is 0. The Morgan fingerprint density at radius 3 is 3.11 bits per heavy atom. The second-order valence-corrected chi connectivity index (χ2v) is 7.12. The third kappa shape index (κ3) is 3.49. The molecule has 1 amide bonds. The lowest BCUT2D eigenvalue weighted by atomic mass is 9.98. The van der Waals surface area contributed by atoms with Gasteiger partial charge in [-0.15, -0.1) is 0 Å². The summed E-state index contributed by atoms with van der Waals surface area (Å²) in [5, 5.41) is 4.88. The fourth-order valence-electron chi connectivity index (χ4n) is 3.60. The van der Waals surface area contributed by atoms with E-state index in [2.05, 4.69) is 26.4 Å². The van der Waals surface area contributed by atoms with Gasteiger partial charge in [0.2, 0.25) is 0 Å². The lowest BCUT2D eigenvalue weighted by Crippen LogP contribution is -2.38. The van der Waals surface area contributed by atoms with Gasteiger partial charge in [0, 0.05) is 43.3 Å². The molecule has 0 aliphatic carbocycles. The number of likely N-dealkylation sites (N-methyl/N-ethyl adjacent to an activating group) is 1. The summed E-state index contributed by atoms with van der Waals surface area (Å²) in [4.78, 5) is 26.7. The van der Waals surface area contributed by atoms with E-state index in [9.17, 15) is 4.79 Å². The quantitative estimate of drug-likeness (QED) is 0.833. The third-order valence-corrected chi connectivity index (χ3v) is 5.30. The van der Waals surface area contributed by atoms with Crippen molar-refractivity contribution in [2.24, 2.45) is 4.99 Å². The van der Waals surface area contributed by atoms with Gasteiger partial charge in [-0.1, -0.05) is 17.7 Å². The van der Waals surface area contributed by atoms with Crippen LogP contribution in [0.2, 0.25) is 5.02 Å². The zero-order valence-corrected chi connectivity index (χ0v) is 16.0. The molecule has 0 aromatic carbocycles. The van der Waals surface area contributed by atoms with Gasteiger partial charge in [-0.05, 0) is 37.1 Å². The summed E-state index contributed by atoms with van der Waals surface area (Å²) in [6.45, 7) is 4.60. The van der Waals surface area contributed by atoms with E-state index in [4.69, 9.17) is 11.6 Å². The van der Waals surface area contributed by atoms with Crippen molar-refractivity contribution in [2.75, 3.05) is 26.2 Å². The monoisotopic (exact) mass is 383 g/mol. The molecule has 2 aromatic rings. The van der Waals surface area contributed by atoms with Crippen molar-refractivity contribution in [1.82, 2.24) is 20.2 Å². The minimum atomic E-state index is -0.00263. The molecule has 0 saturated heterocycles. The van der Waals surface area contributed by atoms with E-state index < -0.39 is 0 Å². The molecule has 4 rings (SSSR count). The molecule has 0 fully saturated rings. The number of rotatable bonds is 5. The van der Waals surface area contributed by atoms with Crippen LogP contribution in [0, 0.1) is 0 Å². The predicted octanol–water partition coefficient (Wildman–Crippen LogP) is 3.04. The van der Waals surface area contributed by atoms with Crippen LogP contribution in [-0.2, 0) is 4.79 Å². The SMILES string of the molecule is CCN(CC1=NCCC=C1)C(=O)C1=CC(c2c(Cl)cnc3[nH]ccc23)CN1. The lowest BCUT2D eigenvalue weighted by molar-refractivity contribution is -0.126. The Morgan fingerprint density at radius 1 is 1.44 bits per heavy atom. The maximum absolute atomic E-state index is 13.0. The Morgan fingerprint density at radius 2 is 2.33 bits per heavy atom. The second-order valence-electron chi connectivity index (χ2n) is 6.71. The van der Waals surface area contributed by atoms with Gasteiger partial charge in [0.1, 0.15) is 5.65 Å². The van der Waals surface area contributed by atoms with Crippen LogP contribution in [0.25, 0.3) is 11.0 Å². The normalized spacial score (nSPS) is 19.0. The number of aliphatic imine (C=N–C) groups is 1. The zero-order valence-electron chi connectivity index (χ0n) is 15.2. The fraction of sp³-hybridized carbons (Fsp3) is 0.350. The summed E-state index contributed by atoms with van der Waals surface area (Å²) in [6, 6.07) is 1.98. The Hall–Kier alpha value is -2.60. The summed E-state index contributed by atoms with van der Waals surface area (Å²) >= 11 is 6.43. The van der Waals surface area contributed by atoms with Crippen LogP contribution < -0.4 is 5.32 Å². The van der Waals surface area contributed by atoms with Gasteiger partial charge < -0.3 is 15.2 Å². The average Bonchev–Trinajstić information content (AvgIpc) is 3.36. The van der Waals surface area contributed by atoms with Crippen LogP contribution in [0.15, 0.2) is 47.4 Å². The number of pyridine rings is 1. The molecule has 1 unspecified atom stereocenters. The first-order valence-corrected chi connectivity index (χ1v) is 9.61. The van der Waals surface area contributed by atoms with Crippen molar-refractivity contribution in [3.05, 3.63) is 53.0 Å². The van der Waals surface area contributed by atoms with Crippen molar-refractivity contribution in [3.63, 3.8) is 0 Å². The van der Waals surface area contributed by atoms with E-state index in [-0.39, 0.29) is 11.8 Å². The van der Waals surface area contributed by atoms with Crippen LogP contribution >= 0.6 is 11.6 Å². The van der Waals surface area contributed by atoms with Gasteiger partial charge in [0.15, 0.2) is 0 Å². The Balaban J connectivity index is 1.56. The molecule has 2 aliphatic rings. The second kappa shape index (κ2) is 7.56. The van der Waals surface area contributed by atoms with E-state index >= 15 is 0 Å². The van der Waals surface area contributed by atoms with Crippen LogP contribution in [0.1, 0.15) is 24.8 Å².